The highest BCUT2D eigenvalue weighted by molar-refractivity contribution is 7.92. The van der Waals surface area contributed by atoms with Crippen molar-refractivity contribution in [3.05, 3.63) is 47.9 Å². The largest absolute Gasteiger partial charge is 0.343 e. The van der Waals surface area contributed by atoms with E-state index < -0.39 is 15.8 Å². The lowest BCUT2D eigenvalue weighted by Gasteiger charge is -2.21. The smallest absolute Gasteiger partial charge is 0.234 e. The first-order chi connectivity index (χ1) is 14.7. The summed E-state index contributed by atoms with van der Waals surface area (Å²) in [4.78, 5) is 11.3. The molecule has 0 bridgehead atoms. The third-order valence-corrected chi connectivity index (χ3v) is 7.37. The van der Waals surface area contributed by atoms with Crippen LogP contribution < -0.4 is 4.31 Å². The average molecular weight is 443 g/mol. The molecule has 162 valence electrons. The highest BCUT2D eigenvalue weighted by atomic mass is 32.2. The predicted molar refractivity (Wildman–Crippen MR) is 119 cm³/mol. The molecule has 3 aromatic heterocycles. The number of fused-ring (bicyclic) bond motifs is 1. The molecule has 0 saturated carbocycles. The van der Waals surface area contributed by atoms with Crippen molar-refractivity contribution in [3.8, 4) is 22.3 Å². The van der Waals surface area contributed by atoms with E-state index in [4.69, 9.17) is 0 Å². The van der Waals surface area contributed by atoms with Gasteiger partial charge in [-0.25, -0.2) is 22.8 Å². The van der Waals surface area contributed by atoms with Gasteiger partial charge in [0.2, 0.25) is 10.0 Å². The Bertz CT molecular complexity index is 1410. The molecule has 8 nitrogen and oxygen atoms in total. The number of hydrogen-bond donors (Lipinski definition) is 1. The number of aryl methyl sites for hydroxylation is 2. The van der Waals surface area contributed by atoms with Gasteiger partial charge in [0, 0.05) is 48.2 Å². The van der Waals surface area contributed by atoms with Crippen LogP contribution >= 0.6 is 0 Å². The van der Waals surface area contributed by atoms with E-state index in [0.29, 0.717) is 39.2 Å². The Morgan fingerprint density at radius 2 is 1.87 bits per heavy atom. The Hall–Kier alpha value is -3.27. The minimum absolute atomic E-state index is 0.0729. The van der Waals surface area contributed by atoms with Crippen LogP contribution in [-0.4, -0.2) is 46.0 Å². The fraction of sp³-hybridized carbons (Fsp3) is 0.286. The van der Waals surface area contributed by atoms with Crippen molar-refractivity contribution >= 4 is 26.9 Å². The third-order valence-electron chi connectivity index (χ3n) is 5.60. The number of hydrogen-bond acceptors (Lipinski definition) is 5. The fourth-order valence-electron chi connectivity index (χ4n) is 3.76. The quantitative estimate of drug-likeness (QED) is 0.510. The Labute approximate surface area is 179 Å². The summed E-state index contributed by atoms with van der Waals surface area (Å²) in [5.41, 5.74) is 4.55. The van der Waals surface area contributed by atoms with E-state index in [2.05, 4.69) is 20.1 Å². The monoisotopic (exact) mass is 442 g/mol. The zero-order valence-corrected chi connectivity index (χ0v) is 18.7. The van der Waals surface area contributed by atoms with Crippen molar-refractivity contribution in [2.24, 2.45) is 7.05 Å². The minimum atomic E-state index is -3.55. The van der Waals surface area contributed by atoms with Crippen molar-refractivity contribution in [3.63, 3.8) is 0 Å². The lowest BCUT2D eigenvalue weighted by atomic mass is 9.96. The summed E-state index contributed by atoms with van der Waals surface area (Å²) in [7, 11) is -0.287. The molecule has 0 spiro atoms. The summed E-state index contributed by atoms with van der Waals surface area (Å²) in [6.45, 7) is 5.23. The van der Waals surface area contributed by atoms with Gasteiger partial charge in [0.25, 0.3) is 0 Å². The van der Waals surface area contributed by atoms with Gasteiger partial charge in [-0.15, -0.1) is 0 Å². The molecule has 0 saturated heterocycles. The van der Waals surface area contributed by atoms with Gasteiger partial charge in [0.05, 0.1) is 29.0 Å². The molecule has 4 aromatic rings. The molecule has 3 heterocycles. The standard InChI is InChI=1S/C21H23FN6O2S/c1-6-31(29,30)28(5)14-9-16(15-7-8-23-21-20(15)24-11-25-21)19(22)17(10-14)18-12(2)26-27(4)13(18)3/h7-11H,6H2,1-5H3,(H,23,24,25). The Morgan fingerprint density at radius 1 is 1.16 bits per heavy atom. The Morgan fingerprint density at radius 3 is 2.52 bits per heavy atom. The van der Waals surface area contributed by atoms with Gasteiger partial charge in [0.1, 0.15) is 5.82 Å². The second-order valence-corrected chi connectivity index (χ2v) is 9.64. The van der Waals surface area contributed by atoms with Crippen LogP contribution in [0.4, 0.5) is 10.1 Å². The predicted octanol–water partition coefficient (Wildman–Crippen LogP) is 3.57. The van der Waals surface area contributed by atoms with Gasteiger partial charge >= 0.3 is 0 Å². The molecule has 10 heteroatoms. The number of pyridine rings is 1. The number of halogens is 1. The number of sulfonamides is 1. The van der Waals surface area contributed by atoms with Crippen LogP contribution in [0.5, 0.6) is 0 Å². The molecule has 0 fully saturated rings. The van der Waals surface area contributed by atoms with E-state index in [9.17, 15) is 8.42 Å². The second-order valence-electron chi connectivity index (χ2n) is 7.35. The maximum atomic E-state index is 16.0. The van der Waals surface area contributed by atoms with Crippen molar-refractivity contribution in [2.75, 3.05) is 17.1 Å². The number of H-pyrrole nitrogens is 1. The van der Waals surface area contributed by atoms with Crippen molar-refractivity contribution in [2.45, 2.75) is 20.8 Å². The molecular weight excluding hydrogens is 419 g/mol. The van der Waals surface area contributed by atoms with Gasteiger partial charge in [-0.3, -0.25) is 8.99 Å². The summed E-state index contributed by atoms with van der Waals surface area (Å²) in [5.74, 6) is -0.538. The molecule has 4 rings (SSSR count). The summed E-state index contributed by atoms with van der Waals surface area (Å²) >= 11 is 0. The van der Waals surface area contributed by atoms with Gasteiger partial charge in [-0.05, 0) is 39.0 Å². The van der Waals surface area contributed by atoms with Gasteiger partial charge < -0.3 is 4.98 Å². The van der Waals surface area contributed by atoms with Crippen LogP contribution in [0.1, 0.15) is 18.3 Å². The Kier molecular flexibility index (Phi) is 5.04. The minimum Gasteiger partial charge on any atom is -0.343 e. The molecular formula is C21H23FN6O2S. The number of benzene rings is 1. The normalized spacial score (nSPS) is 11.9. The van der Waals surface area contributed by atoms with Crippen molar-refractivity contribution in [1.82, 2.24) is 24.7 Å². The second kappa shape index (κ2) is 7.45. The molecule has 0 amide bonds. The summed E-state index contributed by atoms with van der Waals surface area (Å²) in [6.07, 6.45) is 3.05. The van der Waals surface area contributed by atoms with Gasteiger partial charge in [-0.1, -0.05) is 0 Å². The van der Waals surface area contributed by atoms with E-state index in [-0.39, 0.29) is 11.3 Å². The number of nitrogens with zero attached hydrogens (tertiary/aromatic N) is 5. The van der Waals surface area contributed by atoms with Crippen LogP contribution in [0.3, 0.4) is 0 Å². The molecule has 0 unspecified atom stereocenters. The van der Waals surface area contributed by atoms with Crippen molar-refractivity contribution in [1.29, 1.82) is 0 Å². The van der Waals surface area contributed by atoms with Gasteiger partial charge in [-0.2, -0.15) is 5.10 Å². The van der Waals surface area contributed by atoms with Crippen LogP contribution in [0.25, 0.3) is 33.4 Å². The van der Waals surface area contributed by atoms with Crippen LogP contribution in [0.15, 0.2) is 30.7 Å². The number of nitrogens with one attached hydrogen (secondary N) is 1. The van der Waals surface area contributed by atoms with E-state index in [1.807, 2.05) is 6.92 Å². The van der Waals surface area contributed by atoms with E-state index in [0.717, 1.165) is 5.69 Å². The molecule has 31 heavy (non-hydrogen) atoms. The van der Waals surface area contributed by atoms with Gasteiger partial charge in [0.15, 0.2) is 5.65 Å². The molecule has 0 aliphatic rings. The summed E-state index contributed by atoms with van der Waals surface area (Å²) < 4.78 is 44.0. The Balaban J connectivity index is 2.08. The fourth-order valence-corrected chi connectivity index (χ4v) is 4.57. The first kappa shape index (κ1) is 21.0. The highest BCUT2D eigenvalue weighted by Crippen LogP contribution is 2.39. The topological polar surface area (TPSA) is 96.8 Å². The number of aromatic nitrogens is 5. The highest BCUT2D eigenvalue weighted by Gasteiger charge is 2.24. The molecule has 1 aromatic carbocycles. The number of aromatic amines is 1. The maximum absolute atomic E-state index is 16.0. The number of rotatable bonds is 5. The first-order valence-electron chi connectivity index (χ1n) is 9.74. The molecule has 0 aliphatic carbocycles. The molecule has 1 N–H and O–H groups in total. The summed E-state index contributed by atoms with van der Waals surface area (Å²) in [6, 6.07) is 4.79. The first-order valence-corrected chi connectivity index (χ1v) is 11.4. The molecule has 0 radical (unpaired) electrons. The lowest BCUT2D eigenvalue weighted by Crippen LogP contribution is -2.28. The maximum Gasteiger partial charge on any atom is 0.234 e. The lowest BCUT2D eigenvalue weighted by molar-refractivity contribution is 0.595. The van der Waals surface area contributed by atoms with Crippen molar-refractivity contribution < 1.29 is 12.8 Å². The molecule has 0 aliphatic heterocycles. The van der Waals surface area contributed by atoms with E-state index in [1.165, 1.54) is 17.7 Å². The SMILES string of the molecule is CCS(=O)(=O)N(C)c1cc(-c2c(C)nn(C)c2C)c(F)c(-c2ccnc3nc[nH]c23)c1. The zero-order chi connectivity index (χ0) is 22.5. The third kappa shape index (κ3) is 3.36. The van der Waals surface area contributed by atoms with Crippen LogP contribution in [0, 0.1) is 19.7 Å². The van der Waals surface area contributed by atoms with E-state index >= 15 is 4.39 Å². The summed E-state index contributed by atoms with van der Waals surface area (Å²) in [5, 5.41) is 4.40. The van der Waals surface area contributed by atoms with E-state index in [1.54, 1.807) is 50.0 Å². The zero-order valence-electron chi connectivity index (χ0n) is 17.9. The van der Waals surface area contributed by atoms with Crippen LogP contribution in [-0.2, 0) is 17.1 Å². The molecule has 0 atom stereocenters. The number of imidazole rings is 1. The van der Waals surface area contributed by atoms with Crippen LogP contribution in [0.2, 0.25) is 0 Å². The number of anilines is 1. The average Bonchev–Trinajstić information content (AvgIpc) is 3.32.